The van der Waals surface area contributed by atoms with Crippen LogP contribution in [0.1, 0.15) is 46.5 Å². The Balaban J connectivity index is 2.41. The lowest BCUT2D eigenvalue weighted by atomic mass is 10.00. The zero-order valence-corrected chi connectivity index (χ0v) is 13.1. The van der Waals surface area contributed by atoms with Crippen LogP contribution < -0.4 is 5.73 Å². The summed E-state index contributed by atoms with van der Waals surface area (Å²) in [6.07, 6.45) is 4.14. The molecule has 1 aliphatic rings. The second kappa shape index (κ2) is 7.85. The molecule has 0 bridgehead atoms. The van der Waals surface area contributed by atoms with E-state index in [1.165, 1.54) is 13.0 Å². The number of likely N-dealkylation sites (N-methyl/N-ethyl adjacent to an activating group) is 1. The maximum Gasteiger partial charge on any atom is 0.239 e. The van der Waals surface area contributed by atoms with Gasteiger partial charge >= 0.3 is 0 Å². The molecular formula is C15H31N3O. The van der Waals surface area contributed by atoms with Crippen molar-refractivity contribution in [3.05, 3.63) is 0 Å². The van der Waals surface area contributed by atoms with E-state index in [9.17, 15) is 4.79 Å². The van der Waals surface area contributed by atoms with Crippen molar-refractivity contribution in [2.75, 3.05) is 26.7 Å². The summed E-state index contributed by atoms with van der Waals surface area (Å²) in [6, 6.07) is 0.0393. The van der Waals surface area contributed by atoms with Crippen LogP contribution >= 0.6 is 0 Å². The number of likely N-dealkylation sites (tertiary alicyclic amines) is 1. The Morgan fingerprint density at radius 1 is 1.37 bits per heavy atom. The fourth-order valence-electron chi connectivity index (χ4n) is 2.90. The highest BCUT2D eigenvalue weighted by Crippen LogP contribution is 2.17. The minimum Gasteiger partial charge on any atom is -0.341 e. The van der Waals surface area contributed by atoms with Crippen LogP contribution in [0.4, 0.5) is 0 Å². The van der Waals surface area contributed by atoms with Gasteiger partial charge in [0.1, 0.15) is 0 Å². The molecule has 2 N–H and O–H groups in total. The van der Waals surface area contributed by atoms with Crippen LogP contribution in [0, 0.1) is 5.92 Å². The van der Waals surface area contributed by atoms with Gasteiger partial charge in [0.05, 0.1) is 6.04 Å². The maximum absolute atomic E-state index is 12.3. The molecule has 0 unspecified atom stereocenters. The zero-order chi connectivity index (χ0) is 14.4. The zero-order valence-electron chi connectivity index (χ0n) is 13.1. The van der Waals surface area contributed by atoms with Gasteiger partial charge in [-0.05, 0) is 38.1 Å². The lowest BCUT2D eigenvalue weighted by Crippen LogP contribution is -2.50. The first-order valence-electron chi connectivity index (χ1n) is 7.70. The van der Waals surface area contributed by atoms with Gasteiger partial charge in [0.15, 0.2) is 0 Å². The van der Waals surface area contributed by atoms with Crippen molar-refractivity contribution < 1.29 is 4.79 Å². The monoisotopic (exact) mass is 269 g/mol. The molecule has 1 heterocycles. The Morgan fingerprint density at radius 2 is 1.95 bits per heavy atom. The van der Waals surface area contributed by atoms with E-state index in [0.717, 1.165) is 32.4 Å². The molecule has 0 radical (unpaired) electrons. The SMILES string of the molecule is CCCN1CCC(N(C)C(=O)[C@H](N)CC(C)C)CC1. The first kappa shape index (κ1) is 16.4. The minimum atomic E-state index is -0.335. The van der Waals surface area contributed by atoms with Crippen molar-refractivity contribution in [1.82, 2.24) is 9.80 Å². The van der Waals surface area contributed by atoms with E-state index >= 15 is 0 Å². The summed E-state index contributed by atoms with van der Waals surface area (Å²) < 4.78 is 0. The van der Waals surface area contributed by atoms with Gasteiger partial charge in [-0.3, -0.25) is 4.79 Å². The van der Waals surface area contributed by atoms with Crippen LogP contribution in [0.25, 0.3) is 0 Å². The predicted octanol–water partition coefficient (Wildman–Crippen LogP) is 1.69. The quantitative estimate of drug-likeness (QED) is 0.798. The summed E-state index contributed by atoms with van der Waals surface area (Å²) in [5.41, 5.74) is 6.00. The Morgan fingerprint density at radius 3 is 2.42 bits per heavy atom. The molecule has 4 heteroatoms. The number of rotatable bonds is 6. The summed E-state index contributed by atoms with van der Waals surface area (Å²) in [5, 5.41) is 0. The largest absolute Gasteiger partial charge is 0.341 e. The van der Waals surface area contributed by atoms with Crippen LogP contribution in [-0.4, -0.2) is 54.5 Å². The standard InChI is InChI=1S/C15H31N3O/c1-5-8-18-9-6-13(7-10-18)17(4)15(19)14(16)11-12(2)3/h12-14H,5-11,16H2,1-4H3/t14-/m1/s1. The lowest BCUT2D eigenvalue weighted by molar-refractivity contribution is -0.134. The fourth-order valence-corrected chi connectivity index (χ4v) is 2.90. The van der Waals surface area contributed by atoms with Crippen molar-refractivity contribution >= 4 is 5.91 Å². The van der Waals surface area contributed by atoms with Crippen LogP contribution in [0.3, 0.4) is 0 Å². The molecule has 0 aromatic rings. The Bertz CT molecular complexity index is 273. The van der Waals surface area contributed by atoms with Gasteiger partial charge in [0, 0.05) is 26.2 Å². The third kappa shape index (κ3) is 5.11. The molecule has 19 heavy (non-hydrogen) atoms. The molecular weight excluding hydrogens is 238 g/mol. The number of hydrogen-bond acceptors (Lipinski definition) is 3. The van der Waals surface area contributed by atoms with Gasteiger partial charge < -0.3 is 15.5 Å². The Labute approximate surface area is 118 Å². The highest BCUT2D eigenvalue weighted by Gasteiger charge is 2.27. The van der Waals surface area contributed by atoms with Crippen LogP contribution in [-0.2, 0) is 4.79 Å². The number of nitrogens with two attached hydrogens (primary N) is 1. The summed E-state index contributed by atoms with van der Waals surface area (Å²) in [5.74, 6) is 0.585. The lowest BCUT2D eigenvalue weighted by Gasteiger charge is -2.37. The molecule has 0 aromatic carbocycles. The van der Waals surface area contributed by atoms with E-state index in [0.29, 0.717) is 12.0 Å². The summed E-state index contributed by atoms with van der Waals surface area (Å²) in [6.45, 7) is 9.82. The highest BCUT2D eigenvalue weighted by molar-refractivity contribution is 5.81. The molecule has 0 saturated carbocycles. The van der Waals surface area contributed by atoms with Gasteiger partial charge in [-0.15, -0.1) is 0 Å². The highest BCUT2D eigenvalue weighted by atomic mass is 16.2. The van der Waals surface area contributed by atoms with Crippen molar-refractivity contribution in [3.8, 4) is 0 Å². The van der Waals surface area contributed by atoms with Crippen molar-refractivity contribution in [1.29, 1.82) is 0 Å². The van der Waals surface area contributed by atoms with Crippen molar-refractivity contribution in [2.24, 2.45) is 11.7 Å². The molecule has 1 fully saturated rings. The summed E-state index contributed by atoms with van der Waals surface area (Å²) in [7, 11) is 1.92. The molecule has 1 rings (SSSR count). The van der Waals surface area contributed by atoms with E-state index in [1.807, 2.05) is 11.9 Å². The predicted molar refractivity (Wildman–Crippen MR) is 80.0 cm³/mol. The van der Waals surface area contributed by atoms with Crippen molar-refractivity contribution in [3.63, 3.8) is 0 Å². The first-order valence-corrected chi connectivity index (χ1v) is 7.70. The maximum atomic E-state index is 12.3. The molecule has 0 aliphatic carbocycles. The van der Waals surface area contributed by atoms with E-state index in [-0.39, 0.29) is 11.9 Å². The Kier molecular flexibility index (Phi) is 6.80. The van der Waals surface area contributed by atoms with E-state index in [1.54, 1.807) is 0 Å². The number of piperidine rings is 1. The Hall–Kier alpha value is -0.610. The number of amides is 1. The van der Waals surface area contributed by atoms with Crippen molar-refractivity contribution in [2.45, 2.75) is 58.5 Å². The molecule has 1 aliphatic heterocycles. The fraction of sp³-hybridized carbons (Fsp3) is 0.933. The van der Waals surface area contributed by atoms with Crippen LogP contribution in [0.5, 0.6) is 0 Å². The van der Waals surface area contributed by atoms with Gasteiger partial charge in [0.25, 0.3) is 0 Å². The molecule has 1 amide bonds. The van der Waals surface area contributed by atoms with Gasteiger partial charge in [0.2, 0.25) is 5.91 Å². The first-order chi connectivity index (χ1) is 8.95. The van der Waals surface area contributed by atoms with E-state index in [4.69, 9.17) is 5.73 Å². The molecule has 0 spiro atoms. The third-order valence-electron chi connectivity index (χ3n) is 4.03. The smallest absolute Gasteiger partial charge is 0.239 e. The summed E-state index contributed by atoms with van der Waals surface area (Å²) in [4.78, 5) is 16.7. The number of carbonyl (C=O) groups is 1. The van der Waals surface area contributed by atoms with Gasteiger partial charge in [-0.25, -0.2) is 0 Å². The van der Waals surface area contributed by atoms with Gasteiger partial charge in [-0.1, -0.05) is 20.8 Å². The number of hydrogen-bond donors (Lipinski definition) is 1. The molecule has 1 saturated heterocycles. The van der Waals surface area contributed by atoms with E-state index in [2.05, 4.69) is 25.7 Å². The van der Waals surface area contributed by atoms with E-state index < -0.39 is 0 Å². The molecule has 112 valence electrons. The second-order valence-electron chi connectivity index (χ2n) is 6.26. The normalized spacial score (nSPS) is 19.7. The molecule has 4 nitrogen and oxygen atoms in total. The number of nitrogens with zero attached hydrogens (tertiary/aromatic N) is 2. The summed E-state index contributed by atoms with van der Waals surface area (Å²) >= 11 is 0. The second-order valence-corrected chi connectivity index (χ2v) is 6.26. The average molecular weight is 269 g/mol. The minimum absolute atomic E-state index is 0.114. The topological polar surface area (TPSA) is 49.6 Å². The number of carbonyl (C=O) groups excluding carboxylic acids is 1. The molecule has 0 aromatic heterocycles. The van der Waals surface area contributed by atoms with Gasteiger partial charge in [-0.2, -0.15) is 0 Å². The average Bonchev–Trinajstić information content (AvgIpc) is 2.37. The van der Waals surface area contributed by atoms with Crippen LogP contribution in [0.2, 0.25) is 0 Å². The van der Waals surface area contributed by atoms with Crippen LogP contribution in [0.15, 0.2) is 0 Å². The third-order valence-corrected chi connectivity index (χ3v) is 4.03. The molecule has 1 atom stereocenters.